The Morgan fingerprint density at radius 1 is 1.14 bits per heavy atom. The van der Waals surface area contributed by atoms with Crippen LogP contribution in [0.4, 0.5) is 4.39 Å². The number of ether oxygens (including phenoxy) is 1. The molecule has 0 aliphatic carbocycles. The standard InChI is InChI=1S/C17H15FN8OS/c18-13-6-2-1-5-12(13)16-20-19-14-7-8-15(22-26(14)16)28-17-21-23-24-25(17)10-11-4-3-9-27-11/h1-2,5-8,11H,3-4,9-10H2. The molecule has 28 heavy (non-hydrogen) atoms. The summed E-state index contributed by atoms with van der Waals surface area (Å²) in [6.45, 7) is 1.38. The van der Waals surface area contributed by atoms with Crippen LogP contribution in [0.1, 0.15) is 12.8 Å². The highest BCUT2D eigenvalue weighted by molar-refractivity contribution is 7.99. The van der Waals surface area contributed by atoms with E-state index in [1.165, 1.54) is 22.3 Å². The largest absolute Gasteiger partial charge is 0.376 e. The number of hydrogen-bond acceptors (Lipinski definition) is 8. The predicted octanol–water partition coefficient (Wildman–Crippen LogP) is 2.25. The summed E-state index contributed by atoms with van der Waals surface area (Å²) in [5.74, 6) is -0.0355. The number of nitrogens with zero attached hydrogens (tertiary/aromatic N) is 8. The Balaban J connectivity index is 1.45. The highest BCUT2D eigenvalue weighted by Gasteiger charge is 2.20. The van der Waals surface area contributed by atoms with E-state index < -0.39 is 0 Å². The van der Waals surface area contributed by atoms with E-state index in [0.717, 1.165) is 19.4 Å². The van der Waals surface area contributed by atoms with Crippen LogP contribution >= 0.6 is 11.8 Å². The zero-order chi connectivity index (χ0) is 18.9. The number of fused-ring (bicyclic) bond motifs is 1. The molecule has 1 aliphatic heterocycles. The maximum Gasteiger partial charge on any atom is 0.215 e. The fourth-order valence-electron chi connectivity index (χ4n) is 3.10. The number of tetrazole rings is 1. The molecular weight excluding hydrogens is 383 g/mol. The van der Waals surface area contributed by atoms with Gasteiger partial charge in [0.2, 0.25) is 5.16 Å². The maximum atomic E-state index is 14.2. The molecule has 5 rings (SSSR count). The monoisotopic (exact) mass is 398 g/mol. The third kappa shape index (κ3) is 3.22. The first-order valence-corrected chi connectivity index (χ1v) is 9.62. The van der Waals surface area contributed by atoms with E-state index in [0.29, 0.717) is 33.8 Å². The van der Waals surface area contributed by atoms with Crippen LogP contribution in [0.5, 0.6) is 0 Å². The molecule has 1 atom stereocenters. The molecule has 0 amide bonds. The van der Waals surface area contributed by atoms with Crippen molar-refractivity contribution in [3.05, 3.63) is 42.2 Å². The van der Waals surface area contributed by atoms with Gasteiger partial charge in [0.05, 0.1) is 18.2 Å². The first kappa shape index (κ1) is 17.2. The highest BCUT2D eigenvalue weighted by atomic mass is 32.2. The average Bonchev–Trinajstić information content (AvgIpc) is 3.45. The summed E-state index contributed by atoms with van der Waals surface area (Å²) >= 11 is 1.32. The van der Waals surface area contributed by atoms with Gasteiger partial charge in [0.15, 0.2) is 11.5 Å². The molecule has 0 N–H and O–H groups in total. The second kappa shape index (κ2) is 7.24. The van der Waals surface area contributed by atoms with Gasteiger partial charge in [-0.1, -0.05) is 12.1 Å². The van der Waals surface area contributed by atoms with Crippen LogP contribution < -0.4 is 0 Å². The zero-order valence-corrected chi connectivity index (χ0v) is 15.5. The minimum absolute atomic E-state index is 0.129. The molecule has 1 unspecified atom stereocenters. The van der Waals surface area contributed by atoms with Crippen LogP contribution in [-0.4, -0.2) is 52.7 Å². The number of rotatable bonds is 5. The van der Waals surface area contributed by atoms with Gasteiger partial charge in [0, 0.05) is 6.61 Å². The molecular formula is C17H15FN8OS. The van der Waals surface area contributed by atoms with Gasteiger partial charge < -0.3 is 4.74 Å². The molecule has 0 bridgehead atoms. The van der Waals surface area contributed by atoms with Crippen LogP contribution in [-0.2, 0) is 11.3 Å². The normalized spacial score (nSPS) is 16.8. The molecule has 11 heteroatoms. The van der Waals surface area contributed by atoms with Gasteiger partial charge in [0.25, 0.3) is 0 Å². The van der Waals surface area contributed by atoms with Gasteiger partial charge in [0.1, 0.15) is 10.8 Å². The van der Waals surface area contributed by atoms with Gasteiger partial charge >= 0.3 is 0 Å². The van der Waals surface area contributed by atoms with Crippen molar-refractivity contribution in [3.8, 4) is 11.4 Å². The molecule has 0 spiro atoms. The van der Waals surface area contributed by atoms with Crippen molar-refractivity contribution in [1.29, 1.82) is 0 Å². The van der Waals surface area contributed by atoms with Crippen molar-refractivity contribution in [2.24, 2.45) is 0 Å². The molecule has 0 saturated carbocycles. The van der Waals surface area contributed by atoms with Crippen molar-refractivity contribution < 1.29 is 9.13 Å². The summed E-state index contributed by atoms with van der Waals surface area (Å²) in [6, 6.07) is 10.00. The Morgan fingerprint density at radius 3 is 2.93 bits per heavy atom. The minimum Gasteiger partial charge on any atom is -0.376 e. The summed E-state index contributed by atoms with van der Waals surface area (Å²) < 4.78 is 23.1. The Labute approximate surface area is 162 Å². The van der Waals surface area contributed by atoms with Gasteiger partial charge in [-0.2, -0.15) is 9.61 Å². The molecule has 142 valence electrons. The third-order valence-corrected chi connectivity index (χ3v) is 5.35. The number of aromatic nitrogens is 8. The first-order valence-electron chi connectivity index (χ1n) is 8.81. The minimum atomic E-state index is -0.378. The van der Waals surface area contributed by atoms with Crippen LogP contribution in [0.25, 0.3) is 17.0 Å². The maximum absolute atomic E-state index is 14.2. The smallest absolute Gasteiger partial charge is 0.215 e. The molecule has 1 saturated heterocycles. The van der Waals surface area contributed by atoms with Crippen LogP contribution in [0.15, 0.2) is 46.6 Å². The fourth-order valence-corrected chi connectivity index (χ4v) is 3.84. The van der Waals surface area contributed by atoms with Gasteiger partial charge in [-0.25, -0.2) is 9.07 Å². The van der Waals surface area contributed by atoms with E-state index in [2.05, 4.69) is 30.8 Å². The molecule has 4 aromatic rings. The lowest BCUT2D eigenvalue weighted by atomic mass is 10.2. The Kier molecular flexibility index (Phi) is 4.45. The molecule has 1 aromatic carbocycles. The molecule has 0 radical (unpaired) electrons. The summed E-state index contributed by atoms with van der Waals surface area (Å²) in [6.07, 6.45) is 2.18. The number of halogens is 1. The molecule has 4 heterocycles. The van der Waals surface area contributed by atoms with E-state index in [4.69, 9.17) is 4.74 Å². The highest BCUT2D eigenvalue weighted by Crippen LogP contribution is 2.26. The van der Waals surface area contributed by atoms with E-state index >= 15 is 0 Å². The van der Waals surface area contributed by atoms with Crippen LogP contribution in [0, 0.1) is 5.82 Å². The lowest BCUT2D eigenvalue weighted by Crippen LogP contribution is -2.16. The van der Waals surface area contributed by atoms with E-state index in [-0.39, 0.29) is 11.9 Å². The van der Waals surface area contributed by atoms with Gasteiger partial charge in [-0.3, -0.25) is 0 Å². The average molecular weight is 398 g/mol. The van der Waals surface area contributed by atoms with Gasteiger partial charge in [-0.05, 0) is 59.3 Å². The summed E-state index contributed by atoms with van der Waals surface area (Å²) in [4.78, 5) is 0. The number of hydrogen-bond donors (Lipinski definition) is 0. The molecule has 1 fully saturated rings. The van der Waals surface area contributed by atoms with Crippen molar-refractivity contribution in [2.75, 3.05) is 6.61 Å². The van der Waals surface area contributed by atoms with E-state index in [9.17, 15) is 4.39 Å². The van der Waals surface area contributed by atoms with Crippen LogP contribution in [0.2, 0.25) is 0 Å². The SMILES string of the molecule is Fc1ccccc1-c1nnc2ccc(Sc3nnnn3CC3CCCO3)nn12. The Hall–Kier alpha value is -2.92. The Bertz CT molecular complexity index is 1120. The summed E-state index contributed by atoms with van der Waals surface area (Å²) in [5.41, 5.74) is 0.870. The van der Waals surface area contributed by atoms with Crippen molar-refractivity contribution >= 4 is 17.4 Å². The molecule has 3 aromatic heterocycles. The van der Waals surface area contributed by atoms with Gasteiger partial charge in [-0.15, -0.1) is 15.3 Å². The van der Waals surface area contributed by atoms with E-state index in [1.54, 1.807) is 28.9 Å². The summed E-state index contributed by atoms with van der Waals surface area (Å²) in [5, 5.41) is 25.9. The fraction of sp³-hybridized carbons (Fsp3) is 0.294. The first-order chi connectivity index (χ1) is 13.8. The quantitative estimate of drug-likeness (QED) is 0.505. The summed E-state index contributed by atoms with van der Waals surface area (Å²) in [7, 11) is 0. The van der Waals surface area contributed by atoms with Crippen molar-refractivity contribution in [1.82, 2.24) is 40.0 Å². The second-order valence-electron chi connectivity index (χ2n) is 6.33. The lowest BCUT2D eigenvalue weighted by Gasteiger charge is -2.09. The molecule has 1 aliphatic rings. The predicted molar refractivity (Wildman–Crippen MR) is 97.1 cm³/mol. The third-order valence-electron chi connectivity index (χ3n) is 4.45. The molecule has 9 nitrogen and oxygen atoms in total. The van der Waals surface area contributed by atoms with Crippen molar-refractivity contribution in [3.63, 3.8) is 0 Å². The number of benzene rings is 1. The lowest BCUT2D eigenvalue weighted by molar-refractivity contribution is 0.0912. The van der Waals surface area contributed by atoms with Crippen LogP contribution in [0.3, 0.4) is 0 Å². The van der Waals surface area contributed by atoms with E-state index in [1.807, 2.05) is 6.07 Å². The second-order valence-corrected chi connectivity index (χ2v) is 7.31. The zero-order valence-electron chi connectivity index (χ0n) is 14.6. The van der Waals surface area contributed by atoms with Crippen molar-refractivity contribution in [2.45, 2.75) is 35.7 Å². The Morgan fingerprint density at radius 2 is 2.07 bits per heavy atom. The topological polar surface area (TPSA) is 95.9 Å².